The third-order valence-corrected chi connectivity index (χ3v) is 8.40. The molecule has 208 valence electrons. The highest BCUT2D eigenvalue weighted by molar-refractivity contribution is 6.30. The van der Waals surface area contributed by atoms with Crippen molar-refractivity contribution < 1.29 is 19.0 Å². The number of fused-ring (bicyclic) bond motifs is 4. The largest absolute Gasteiger partial charge is 0.487 e. The van der Waals surface area contributed by atoms with Crippen LogP contribution < -0.4 is 9.47 Å². The van der Waals surface area contributed by atoms with E-state index >= 15 is 0 Å². The molecular weight excluding hydrogens is 526 g/mol. The van der Waals surface area contributed by atoms with Crippen LogP contribution in [-0.2, 0) is 28.3 Å². The highest BCUT2D eigenvalue weighted by Gasteiger charge is 2.42. The van der Waals surface area contributed by atoms with Crippen molar-refractivity contribution >= 4 is 23.1 Å². The molecule has 3 aromatic rings. The van der Waals surface area contributed by atoms with E-state index in [0.29, 0.717) is 19.0 Å². The van der Waals surface area contributed by atoms with Crippen molar-refractivity contribution in [1.82, 2.24) is 14.8 Å². The van der Waals surface area contributed by atoms with Crippen LogP contribution >= 0.6 is 11.6 Å². The number of aromatic nitrogens is 1. The molecule has 0 N–H and O–H groups in total. The monoisotopic (exact) mass is 559 g/mol. The Bertz CT molecular complexity index is 1450. The number of nitrogens with zero attached hydrogens (tertiary/aromatic N) is 3. The smallest absolute Gasteiger partial charge is 0.259 e. The molecule has 1 spiro atoms. The zero-order chi connectivity index (χ0) is 27.7. The van der Waals surface area contributed by atoms with E-state index in [9.17, 15) is 4.79 Å². The lowest BCUT2D eigenvalue weighted by molar-refractivity contribution is -0.130. The third-order valence-electron chi connectivity index (χ3n) is 8.17. The molecule has 0 unspecified atom stereocenters. The molecule has 1 saturated heterocycles. The number of hydrogen-bond acceptors (Lipinski definition) is 6. The minimum absolute atomic E-state index is 0.0124. The number of carbonyl (C=O) groups excluding carboxylic acids is 1. The summed E-state index contributed by atoms with van der Waals surface area (Å²) in [6.07, 6.45) is 6.93. The van der Waals surface area contributed by atoms with Gasteiger partial charge in [-0.3, -0.25) is 9.78 Å². The second kappa shape index (κ2) is 11.2. The number of benzene rings is 2. The van der Waals surface area contributed by atoms with Crippen LogP contribution in [0.3, 0.4) is 0 Å². The normalized spacial score (nSPS) is 18.4. The lowest BCUT2D eigenvalue weighted by atomic mass is 9.84. The SMILES string of the molecule is CN(C)C(=O)COc1ccc2c(c1)/C(=C/CCN1CCC3(CC1)OCc1cc(Cl)ccc13)c1cccnc1CO2. The number of amides is 1. The molecule has 1 aromatic heterocycles. The fourth-order valence-corrected chi connectivity index (χ4v) is 6.08. The summed E-state index contributed by atoms with van der Waals surface area (Å²) >= 11 is 6.21. The number of pyridine rings is 1. The van der Waals surface area contributed by atoms with Gasteiger partial charge in [-0.1, -0.05) is 29.8 Å². The summed E-state index contributed by atoms with van der Waals surface area (Å²) in [4.78, 5) is 20.7. The van der Waals surface area contributed by atoms with E-state index < -0.39 is 0 Å². The second-order valence-corrected chi connectivity index (χ2v) is 11.3. The minimum Gasteiger partial charge on any atom is -0.487 e. The number of carbonyl (C=O) groups is 1. The molecule has 1 fully saturated rings. The van der Waals surface area contributed by atoms with Gasteiger partial charge in [-0.05, 0) is 72.4 Å². The van der Waals surface area contributed by atoms with E-state index in [0.717, 1.165) is 72.1 Å². The number of likely N-dealkylation sites (N-methyl/N-ethyl adjacent to an activating group) is 1. The van der Waals surface area contributed by atoms with Crippen LogP contribution in [0.25, 0.3) is 5.57 Å². The highest BCUT2D eigenvalue weighted by Crippen LogP contribution is 2.45. The molecule has 40 heavy (non-hydrogen) atoms. The molecule has 0 atom stereocenters. The maximum absolute atomic E-state index is 12.1. The average molecular weight is 560 g/mol. The fourth-order valence-electron chi connectivity index (χ4n) is 5.88. The number of rotatable bonds is 6. The van der Waals surface area contributed by atoms with Gasteiger partial charge in [0.15, 0.2) is 6.61 Å². The van der Waals surface area contributed by atoms with Crippen molar-refractivity contribution in [3.63, 3.8) is 0 Å². The first-order valence-electron chi connectivity index (χ1n) is 13.8. The zero-order valence-electron chi connectivity index (χ0n) is 23.0. The van der Waals surface area contributed by atoms with Crippen molar-refractivity contribution in [1.29, 1.82) is 0 Å². The number of likely N-dealkylation sites (tertiary alicyclic amines) is 1. The summed E-state index contributed by atoms with van der Waals surface area (Å²) in [6, 6.07) is 16.0. The number of ether oxygens (including phenoxy) is 3. The topological polar surface area (TPSA) is 64.1 Å². The van der Waals surface area contributed by atoms with E-state index in [1.165, 1.54) is 16.0 Å². The van der Waals surface area contributed by atoms with E-state index in [2.05, 4.69) is 28.1 Å². The summed E-state index contributed by atoms with van der Waals surface area (Å²) in [5, 5.41) is 0.771. The van der Waals surface area contributed by atoms with Crippen molar-refractivity contribution in [2.75, 3.05) is 40.3 Å². The number of halogens is 1. The molecule has 4 heterocycles. The van der Waals surface area contributed by atoms with E-state index in [1.807, 2.05) is 36.4 Å². The van der Waals surface area contributed by atoms with Gasteiger partial charge in [-0.2, -0.15) is 0 Å². The number of hydrogen-bond donors (Lipinski definition) is 0. The molecule has 3 aliphatic rings. The predicted molar refractivity (Wildman–Crippen MR) is 154 cm³/mol. The van der Waals surface area contributed by atoms with Crippen molar-refractivity contribution in [3.8, 4) is 11.5 Å². The van der Waals surface area contributed by atoms with Crippen LogP contribution in [0.2, 0.25) is 5.02 Å². The maximum atomic E-state index is 12.1. The van der Waals surface area contributed by atoms with Crippen LogP contribution in [0.15, 0.2) is 60.8 Å². The Balaban J connectivity index is 1.18. The summed E-state index contributed by atoms with van der Waals surface area (Å²) in [5.41, 5.74) is 6.36. The van der Waals surface area contributed by atoms with Gasteiger partial charge >= 0.3 is 0 Å². The highest BCUT2D eigenvalue weighted by atomic mass is 35.5. The van der Waals surface area contributed by atoms with Crippen molar-refractivity contribution in [2.24, 2.45) is 0 Å². The molecule has 7 nitrogen and oxygen atoms in total. The van der Waals surface area contributed by atoms with Crippen molar-refractivity contribution in [3.05, 3.63) is 93.8 Å². The molecule has 8 heteroatoms. The second-order valence-electron chi connectivity index (χ2n) is 10.9. The van der Waals surface area contributed by atoms with Crippen LogP contribution in [0.1, 0.15) is 47.2 Å². The third kappa shape index (κ3) is 5.33. The Hall–Kier alpha value is -3.39. The van der Waals surface area contributed by atoms with Gasteiger partial charge in [-0.25, -0.2) is 0 Å². The molecule has 0 saturated carbocycles. The van der Waals surface area contributed by atoms with Gasteiger partial charge < -0.3 is 24.0 Å². The first kappa shape index (κ1) is 26.8. The van der Waals surface area contributed by atoms with E-state index in [-0.39, 0.29) is 18.1 Å². The van der Waals surface area contributed by atoms with Gasteiger partial charge in [0, 0.05) is 56.1 Å². The summed E-state index contributed by atoms with van der Waals surface area (Å²) in [6.45, 7) is 3.96. The van der Waals surface area contributed by atoms with Crippen LogP contribution in [0.4, 0.5) is 0 Å². The fraction of sp³-hybridized carbons (Fsp3) is 0.375. The molecule has 6 rings (SSSR count). The van der Waals surface area contributed by atoms with Crippen molar-refractivity contribution in [2.45, 2.75) is 38.1 Å². The number of piperidine rings is 1. The first-order chi connectivity index (χ1) is 19.4. The lowest BCUT2D eigenvalue weighted by Crippen LogP contribution is -2.42. The van der Waals surface area contributed by atoms with Gasteiger partial charge in [-0.15, -0.1) is 0 Å². The zero-order valence-corrected chi connectivity index (χ0v) is 23.7. The lowest BCUT2D eigenvalue weighted by Gasteiger charge is -2.39. The van der Waals surface area contributed by atoms with Crippen LogP contribution in [-0.4, -0.2) is 61.0 Å². The predicted octanol–water partition coefficient (Wildman–Crippen LogP) is 5.44. The van der Waals surface area contributed by atoms with E-state index in [4.69, 9.17) is 25.8 Å². The maximum Gasteiger partial charge on any atom is 0.259 e. The summed E-state index contributed by atoms with van der Waals surface area (Å²) in [5.74, 6) is 1.33. The molecule has 0 aliphatic carbocycles. The van der Waals surface area contributed by atoms with Gasteiger partial charge in [0.05, 0.1) is 17.9 Å². The standard InChI is InChI=1S/C32H34ClN3O4/c1-35(2)31(37)21-38-24-8-10-30-27(18-24)25(26-5-3-13-34-29(26)20-39-30)6-4-14-36-15-11-32(12-16-36)28-9-7-23(33)17-22(28)19-40-32/h3,5-10,13,17-18H,4,11-12,14-16,19-21H2,1-2H3/b25-6+. The van der Waals surface area contributed by atoms with Crippen LogP contribution in [0.5, 0.6) is 11.5 Å². The van der Waals surface area contributed by atoms with E-state index in [1.54, 1.807) is 20.3 Å². The Morgan fingerprint density at radius 3 is 2.80 bits per heavy atom. The Kier molecular flexibility index (Phi) is 7.53. The van der Waals surface area contributed by atoms with Gasteiger partial charge in [0.1, 0.15) is 18.1 Å². The molecule has 0 bridgehead atoms. The van der Waals surface area contributed by atoms with Gasteiger partial charge in [0.2, 0.25) is 0 Å². The molecule has 1 amide bonds. The summed E-state index contributed by atoms with van der Waals surface area (Å²) < 4.78 is 18.3. The average Bonchev–Trinajstić information content (AvgIpc) is 3.22. The Morgan fingerprint density at radius 1 is 1.12 bits per heavy atom. The minimum atomic E-state index is -0.179. The molecule has 0 radical (unpaired) electrons. The van der Waals surface area contributed by atoms with Gasteiger partial charge in [0.25, 0.3) is 5.91 Å². The molecular formula is C32H34ClN3O4. The summed E-state index contributed by atoms with van der Waals surface area (Å²) in [7, 11) is 3.44. The quantitative estimate of drug-likeness (QED) is 0.401. The molecule has 3 aliphatic heterocycles. The van der Waals surface area contributed by atoms with Crippen LogP contribution in [0, 0.1) is 0 Å². The molecule has 2 aromatic carbocycles. The Labute approximate surface area is 240 Å². The first-order valence-corrected chi connectivity index (χ1v) is 14.2. The Morgan fingerprint density at radius 2 is 1.98 bits per heavy atom.